The van der Waals surface area contributed by atoms with Crippen molar-refractivity contribution in [3.8, 4) is 0 Å². The highest BCUT2D eigenvalue weighted by Gasteiger charge is 2.54. The van der Waals surface area contributed by atoms with Crippen LogP contribution >= 0.6 is 0 Å². The predicted molar refractivity (Wildman–Crippen MR) is 120 cm³/mol. The molecule has 0 unspecified atom stereocenters. The van der Waals surface area contributed by atoms with E-state index in [0.717, 1.165) is 4.90 Å². The van der Waals surface area contributed by atoms with Gasteiger partial charge in [-0.25, -0.2) is 18.4 Å². The Labute approximate surface area is 190 Å². The van der Waals surface area contributed by atoms with Crippen molar-refractivity contribution >= 4 is 33.6 Å². The summed E-state index contributed by atoms with van der Waals surface area (Å²) in [7, 11) is -3.96. The van der Waals surface area contributed by atoms with Gasteiger partial charge in [-0.3, -0.25) is 14.5 Å². The number of nitrogens with zero attached hydrogens (tertiary/aromatic N) is 1. The predicted octanol–water partition coefficient (Wildman–Crippen LogP) is 1.77. The maximum Gasteiger partial charge on any atom is 0.326 e. The van der Waals surface area contributed by atoms with Gasteiger partial charge < -0.3 is 10.6 Å². The first kappa shape index (κ1) is 22.2. The molecule has 1 fully saturated rings. The fraction of sp³-hybridized carbons (Fsp3) is 0.0870. The molecule has 1 saturated heterocycles. The number of rotatable bonds is 6. The molecule has 1 heterocycles. The van der Waals surface area contributed by atoms with Gasteiger partial charge in [-0.2, -0.15) is 0 Å². The molecule has 0 saturated carbocycles. The van der Waals surface area contributed by atoms with Gasteiger partial charge in [-0.1, -0.05) is 66.7 Å². The lowest BCUT2D eigenvalue weighted by molar-refractivity contribution is -0.133. The molecule has 0 bridgehead atoms. The molecule has 10 heteroatoms. The molecule has 0 aromatic heterocycles. The van der Waals surface area contributed by atoms with Crippen molar-refractivity contribution in [1.82, 2.24) is 10.2 Å². The Morgan fingerprint density at radius 3 is 2.03 bits per heavy atom. The Kier molecular flexibility index (Phi) is 5.71. The molecule has 4 rings (SSSR count). The lowest BCUT2D eigenvalue weighted by Gasteiger charge is -2.28. The Morgan fingerprint density at radius 2 is 1.48 bits per heavy atom. The van der Waals surface area contributed by atoms with E-state index in [9.17, 15) is 22.8 Å². The Bertz CT molecular complexity index is 1290. The van der Waals surface area contributed by atoms with E-state index in [4.69, 9.17) is 5.14 Å². The molecule has 1 aliphatic heterocycles. The molecular formula is C23H20N4O5S. The van der Waals surface area contributed by atoms with Crippen molar-refractivity contribution in [1.29, 1.82) is 0 Å². The SMILES string of the molecule is NS(=O)(=O)c1cccc(NC(=O)CN2C(=O)NC(c3ccccc3)(c3ccccc3)C2=O)c1. The quantitative estimate of drug-likeness (QED) is 0.477. The van der Waals surface area contributed by atoms with E-state index >= 15 is 0 Å². The number of nitrogens with two attached hydrogens (primary N) is 1. The molecule has 33 heavy (non-hydrogen) atoms. The maximum absolute atomic E-state index is 13.6. The van der Waals surface area contributed by atoms with Gasteiger partial charge in [-0.15, -0.1) is 0 Å². The van der Waals surface area contributed by atoms with E-state index in [1.165, 1.54) is 24.3 Å². The topological polar surface area (TPSA) is 139 Å². The first-order valence-corrected chi connectivity index (χ1v) is 11.4. The van der Waals surface area contributed by atoms with Gasteiger partial charge in [0.2, 0.25) is 15.9 Å². The van der Waals surface area contributed by atoms with Crippen LogP contribution in [0.4, 0.5) is 10.5 Å². The molecule has 1 aliphatic rings. The minimum absolute atomic E-state index is 0.163. The van der Waals surface area contributed by atoms with E-state index in [2.05, 4.69) is 10.6 Å². The molecule has 0 spiro atoms. The molecule has 168 valence electrons. The second kappa shape index (κ2) is 8.49. The highest BCUT2D eigenvalue weighted by atomic mass is 32.2. The summed E-state index contributed by atoms with van der Waals surface area (Å²) in [6.07, 6.45) is 0. The molecule has 4 N–H and O–H groups in total. The number of nitrogens with one attached hydrogen (secondary N) is 2. The smallest absolute Gasteiger partial charge is 0.324 e. The second-order valence-electron chi connectivity index (χ2n) is 7.42. The average molecular weight is 465 g/mol. The number of anilines is 1. The third kappa shape index (κ3) is 4.21. The van der Waals surface area contributed by atoms with Gasteiger partial charge in [0, 0.05) is 5.69 Å². The summed E-state index contributed by atoms with van der Waals surface area (Å²) >= 11 is 0. The number of hydrogen-bond acceptors (Lipinski definition) is 5. The van der Waals surface area contributed by atoms with Crippen LogP contribution in [0.1, 0.15) is 11.1 Å². The van der Waals surface area contributed by atoms with Crippen LogP contribution in [0.25, 0.3) is 0 Å². The van der Waals surface area contributed by atoms with E-state index in [1.807, 2.05) is 0 Å². The Hall–Kier alpha value is -4.02. The monoisotopic (exact) mass is 464 g/mol. The fourth-order valence-corrected chi connectivity index (χ4v) is 4.31. The molecule has 0 atom stereocenters. The lowest BCUT2D eigenvalue weighted by atomic mass is 9.82. The van der Waals surface area contributed by atoms with Gasteiger partial charge in [0.05, 0.1) is 4.90 Å². The zero-order chi connectivity index (χ0) is 23.6. The van der Waals surface area contributed by atoms with Crippen molar-refractivity contribution < 1.29 is 22.8 Å². The standard InChI is InChI=1S/C23H20N4O5S/c24-33(31,32)19-13-7-12-18(14-19)25-20(28)15-27-21(29)23(26-22(27)30,16-8-3-1-4-9-16)17-10-5-2-6-11-17/h1-14H,15H2,(H,25,28)(H,26,30)(H2,24,31,32). The van der Waals surface area contributed by atoms with Crippen molar-refractivity contribution in [2.24, 2.45) is 5.14 Å². The van der Waals surface area contributed by atoms with Crippen LogP contribution < -0.4 is 15.8 Å². The minimum Gasteiger partial charge on any atom is -0.324 e. The van der Waals surface area contributed by atoms with Gasteiger partial charge in [0.25, 0.3) is 5.91 Å². The average Bonchev–Trinajstić information content (AvgIpc) is 3.05. The normalized spacial score (nSPS) is 15.2. The number of imide groups is 1. The van der Waals surface area contributed by atoms with Crippen LogP contribution in [0, 0.1) is 0 Å². The van der Waals surface area contributed by atoms with Crippen molar-refractivity contribution in [2.45, 2.75) is 10.4 Å². The van der Waals surface area contributed by atoms with E-state index in [1.54, 1.807) is 60.7 Å². The summed E-state index contributed by atoms with van der Waals surface area (Å²) in [5, 5.41) is 10.4. The number of amides is 4. The number of carbonyl (C=O) groups is 3. The van der Waals surface area contributed by atoms with Gasteiger partial charge in [0.1, 0.15) is 6.54 Å². The second-order valence-corrected chi connectivity index (χ2v) is 8.99. The fourth-order valence-electron chi connectivity index (χ4n) is 3.75. The third-order valence-electron chi connectivity index (χ3n) is 5.27. The highest BCUT2D eigenvalue weighted by Crippen LogP contribution is 2.35. The van der Waals surface area contributed by atoms with Crippen LogP contribution in [-0.2, 0) is 25.2 Å². The Morgan fingerprint density at radius 1 is 0.909 bits per heavy atom. The first-order chi connectivity index (χ1) is 15.7. The zero-order valence-corrected chi connectivity index (χ0v) is 18.1. The maximum atomic E-state index is 13.6. The number of carbonyl (C=O) groups excluding carboxylic acids is 3. The van der Waals surface area contributed by atoms with Crippen molar-refractivity contribution in [3.05, 3.63) is 96.1 Å². The van der Waals surface area contributed by atoms with Crippen LogP contribution in [0.5, 0.6) is 0 Å². The largest absolute Gasteiger partial charge is 0.326 e. The van der Waals surface area contributed by atoms with Crippen molar-refractivity contribution in [3.63, 3.8) is 0 Å². The van der Waals surface area contributed by atoms with Crippen LogP contribution in [0.3, 0.4) is 0 Å². The van der Waals surface area contributed by atoms with Gasteiger partial charge in [-0.05, 0) is 29.3 Å². The molecular weight excluding hydrogens is 444 g/mol. The van der Waals surface area contributed by atoms with E-state index in [0.29, 0.717) is 11.1 Å². The molecule has 0 radical (unpaired) electrons. The van der Waals surface area contributed by atoms with Crippen LogP contribution in [-0.4, -0.2) is 37.7 Å². The highest BCUT2D eigenvalue weighted by molar-refractivity contribution is 7.89. The lowest BCUT2D eigenvalue weighted by Crippen LogP contribution is -2.45. The number of hydrogen-bond donors (Lipinski definition) is 3. The van der Waals surface area contributed by atoms with E-state index < -0.39 is 40.0 Å². The van der Waals surface area contributed by atoms with Gasteiger partial charge in [0.15, 0.2) is 5.54 Å². The third-order valence-corrected chi connectivity index (χ3v) is 6.18. The van der Waals surface area contributed by atoms with E-state index in [-0.39, 0.29) is 10.6 Å². The number of sulfonamides is 1. The first-order valence-electron chi connectivity index (χ1n) is 9.90. The number of primary sulfonamides is 1. The Balaban J connectivity index is 1.62. The zero-order valence-electron chi connectivity index (χ0n) is 17.3. The number of urea groups is 1. The summed E-state index contributed by atoms with van der Waals surface area (Å²) in [5.74, 6) is -1.28. The molecule has 4 amide bonds. The molecule has 3 aromatic carbocycles. The van der Waals surface area contributed by atoms with Crippen molar-refractivity contribution in [2.75, 3.05) is 11.9 Å². The molecule has 0 aliphatic carbocycles. The summed E-state index contributed by atoms with van der Waals surface area (Å²) in [5.41, 5.74) is -0.208. The van der Waals surface area contributed by atoms with Gasteiger partial charge >= 0.3 is 6.03 Å². The minimum atomic E-state index is -3.96. The summed E-state index contributed by atoms with van der Waals surface area (Å²) in [6.45, 7) is -0.564. The molecule has 3 aromatic rings. The molecule has 9 nitrogen and oxygen atoms in total. The summed E-state index contributed by atoms with van der Waals surface area (Å²) < 4.78 is 23.1. The summed E-state index contributed by atoms with van der Waals surface area (Å²) in [6, 6.07) is 22.2. The van der Waals surface area contributed by atoms with Crippen LogP contribution in [0.15, 0.2) is 89.8 Å². The number of benzene rings is 3. The van der Waals surface area contributed by atoms with Crippen LogP contribution in [0.2, 0.25) is 0 Å². The summed E-state index contributed by atoms with van der Waals surface area (Å²) in [4.78, 5) is 39.7.